The van der Waals surface area contributed by atoms with Crippen LogP contribution in [0.3, 0.4) is 0 Å². The fourth-order valence-electron chi connectivity index (χ4n) is 8.71. The zero-order valence-electron chi connectivity index (χ0n) is 30.7. The lowest BCUT2D eigenvalue weighted by atomic mass is 9.78. The summed E-state index contributed by atoms with van der Waals surface area (Å²) < 4.78 is 21.0. The van der Waals surface area contributed by atoms with Gasteiger partial charge >= 0.3 is 0 Å². The monoisotopic (exact) mass is 727 g/mol. The summed E-state index contributed by atoms with van der Waals surface area (Å²) in [5.74, 6) is -1.66. The maximum atomic E-state index is 15.5. The van der Waals surface area contributed by atoms with E-state index in [4.69, 9.17) is 11.1 Å². The molecule has 0 radical (unpaired) electrons. The highest BCUT2D eigenvalue weighted by molar-refractivity contribution is 6.23. The van der Waals surface area contributed by atoms with E-state index in [0.717, 1.165) is 101 Å². The quantitative estimate of drug-likeness (QED) is 0.138. The van der Waals surface area contributed by atoms with Crippen LogP contribution in [0.25, 0.3) is 16.0 Å². The van der Waals surface area contributed by atoms with E-state index in [1.54, 1.807) is 0 Å². The highest BCUT2D eigenvalue weighted by Crippen LogP contribution is 2.50. The molecule has 1 saturated heterocycles. The SMILES string of the molecule is [C-]#[N+]C1(c2ccc(N(CC3CCC(Cc4cc5c(cc4F)C(=O)N(C4CCC(=O)NC4=O)C5=O)CC3)c3cc(-c4c(C)noc4C)ccc3C)cc2)CC1. The largest absolute Gasteiger partial charge is 0.361 e. The van der Waals surface area contributed by atoms with Crippen LogP contribution >= 0.6 is 0 Å². The zero-order chi connectivity index (χ0) is 37.9. The van der Waals surface area contributed by atoms with Crippen molar-refractivity contribution in [3.8, 4) is 11.1 Å². The maximum Gasteiger partial charge on any atom is 0.262 e. The van der Waals surface area contributed by atoms with Crippen molar-refractivity contribution < 1.29 is 28.1 Å². The molecule has 1 unspecified atom stereocenters. The molecule has 4 aliphatic rings. The van der Waals surface area contributed by atoms with Crippen LogP contribution in [0.15, 0.2) is 59.1 Å². The fourth-order valence-corrected chi connectivity index (χ4v) is 8.71. The number of imide groups is 2. The van der Waals surface area contributed by atoms with Crippen molar-refractivity contribution in [3.63, 3.8) is 0 Å². The number of carbonyl (C=O) groups is 4. The van der Waals surface area contributed by atoms with Gasteiger partial charge in [-0.1, -0.05) is 17.3 Å². The molecule has 3 aromatic carbocycles. The molecule has 2 aliphatic carbocycles. The third-order valence-corrected chi connectivity index (χ3v) is 12.0. The first-order valence-electron chi connectivity index (χ1n) is 18.8. The van der Waals surface area contributed by atoms with Gasteiger partial charge in [-0.05, 0) is 130 Å². The number of amides is 4. The molecule has 11 heteroatoms. The van der Waals surface area contributed by atoms with Gasteiger partial charge in [0.05, 0.1) is 16.8 Å². The van der Waals surface area contributed by atoms with Crippen molar-refractivity contribution in [2.24, 2.45) is 11.8 Å². The molecule has 2 aliphatic heterocycles. The Kier molecular flexibility index (Phi) is 8.95. The number of fused-ring (bicyclic) bond motifs is 1. The van der Waals surface area contributed by atoms with Crippen molar-refractivity contribution in [3.05, 3.63) is 111 Å². The van der Waals surface area contributed by atoms with E-state index in [9.17, 15) is 19.2 Å². The van der Waals surface area contributed by atoms with Crippen molar-refractivity contribution in [2.75, 3.05) is 11.4 Å². The highest BCUT2D eigenvalue weighted by atomic mass is 19.1. The van der Waals surface area contributed by atoms with Crippen LogP contribution < -0.4 is 10.2 Å². The Morgan fingerprint density at radius 1 is 0.926 bits per heavy atom. The summed E-state index contributed by atoms with van der Waals surface area (Å²) in [6.07, 6.45) is 5.95. The minimum atomic E-state index is -1.09. The smallest absolute Gasteiger partial charge is 0.262 e. The number of benzene rings is 3. The van der Waals surface area contributed by atoms with Crippen LogP contribution in [-0.4, -0.2) is 46.3 Å². The Balaban J connectivity index is 0.996. The Labute approximate surface area is 313 Å². The molecule has 1 N–H and O–H groups in total. The lowest BCUT2D eigenvalue weighted by Crippen LogP contribution is -2.54. The van der Waals surface area contributed by atoms with Crippen molar-refractivity contribution in [2.45, 2.75) is 90.1 Å². The number of piperidine rings is 1. The lowest BCUT2D eigenvalue weighted by Gasteiger charge is -2.35. The minimum absolute atomic E-state index is 0.0223. The van der Waals surface area contributed by atoms with Crippen molar-refractivity contribution in [1.29, 1.82) is 0 Å². The summed E-state index contributed by atoms with van der Waals surface area (Å²) in [5.41, 5.74) is 7.31. The molecule has 1 atom stereocenters. The van der Waals surface area contributed by atoms with Crippen LogP contribution in [0.5, 0.6) is 0 Å². The fraction of sp³-hybridized carbons (Fsp3) is 0.395. The predicted molar refractivity (Wildman–Crippen MR) is 199 cm³/mol. The first kappa shape index (κ1) is 35.4. The summed E-state index contributed by atoms with van der Waals surface area (Å²) in [6, 6.07) is 16.5. The number of carbonyl (C=O) groups excluding carboxylic acids is 4. The van der Waals surface area contributed by atoms with Gasteiger partial charge in [-0.2, -0.15) is 0 Å². The second-order valence-electron chi connectivity index (χ2n) is 15.5. The number of hydrogen-bond acceptors (Lipinski definition) is 7. The number of aryl methyl sites for hydroxylation is 3. The highest BCUT2D eigenvalue weighted by Gasteiger charge is 2.52. The summed E-state index contributed by atoms with van der Waals surface area (Å²) in [4.78, 5) is 57.9. The van der Waals surface area contributed by atoms with E-state index in [1.165, 1.54) is 6.07 Å². The summed E-state index contributed by atoms with van der Waals surface area (Å²) in [5, 5.41) is 6.38. The van der Waals surface area contributed by atoms with Crippen molar-refractivity contribution >= 4 is 35.0 Å². The van der Waals surface area contributed by atoms with Gasteiger partial charge < -0.3 is 14.3 Å². The van der Waals surface area contributed by atoms with E-state index in [1.807, 2.05) is 13.8 Å². The molecule has 54 heavy (non-hydrogen) atoms. The number of hydrogen-bond donors (Lipinski definition) is 1. The van der Waals surface area contributed by atoms with E-state index in [-0.39, 0.29) is 35.4 Å². The molecule has 0 spiro atoms. The summed E-state index contributed by atoms with van der Waals surface area (Å²) >= 11 is 0. The van der Waals surface area contributed by atoms with E-state index in [2.05, 4.69) is 69.6 Å². The number of aromatic nitrogens is 1. The first-order chi connectivity index (χ1) is 26.0. The number of nitrogens with one attached hydrogen (secondary N) is 1. The summed E-state index contributed by atoms with van der Waals surface area (Å²) in [6.45, 7) is 14.5. The Bertz CT molecular complexity index is 2220. The van der Waals surface area contributed by atoms with Crippen LogP contribution in [0.1, 0.15) is 100 Å². The average Bonchev–Trinajstić information content (AvgIpc) is 3.85. The molecule has 0 bridgehead atoms. The molecule has 8 rings (SSSR count). The Morgan fingerprint density at radius 2 is 1.61 bits per heavy atom. The van der Waals surface area contributed by atoms with Gasteiger partial charge in [-0.25, -0.2) is 11.0 Å². The minimum Gasteiger partial charge on any atom is -0.361 e. The number of anilines is 2. The van der Waals surface area contributed by atoms with Crippen LogP contribution in [-0.2, 0) is 21.5 Å². The van der Waals surface area contributed by atoms with Crippen LogP contribution in [0.2, 0.25) is 0 Å². The number of nitrogens with zero attached hydrogens (tertiary/aromatic N) is 4. The molecule has 4 amide bonds. The Hall–Kier alpha value is -5.63. The number of halogens is 1. The topological polar surface area (TPSA) is 117 Å². The molecular weight excluding hydrogens is 686 g/mol. The lowest BCUT2D eigenvalue weighted by molar-refractivity contribution is -0.136. The third kappa shape index (κ3) is 6.27. The second-order valence-corrected chi connectivity index (χ2v) is 15.5. The maximum absolute atomic E-state index is 15.5. The summed E-state index contributed by atoms with van der Waals surface area (Å²) in [7, 11) is 0. The van der Waals surface area contributed by atoms with E-state index >= 15 is 4.39 Å². The molecule has 3 heterocycles. The van der Waals surface area contributed by atoms with Gasteiger partial charge in [0.2, 0.25) is 11.8 Å². The van der Waals surface area contributed by atoms with Crippen LogP contribution in [0.4, 0.5) is 15.8 Å². The van der Waals surface area contributed by atoms with E-state index < -0.39 is 35.5 Å². The van der Waals surface area contributed by atoms with Gasteiger partial charge in [0.1, 0.15) is 17.6 Å². The molecule has 276 valence electrons. The molecule has 4 aromatic rings. The predicted octanol–water partition coefficient (Wildman–Crippen LogP) is 7.90. The normalized spacial score (nSPS) is 21.8. The molecule has 1 aromatic heterocycles. The molecule has 10 nitrogen and oxygen atoms in total. The standard InChI is InChI=1S/C43H42FN5O5/c1-24-5-10-29(39-25(2)47-54-26(39)3)21-37(24)48(32-13-11-31(12-14-32)43(45-4)17-18-43)23-28-8-6-27(7-9-28)19-30-20-33-34(22-35(30)44)42(53)49(41(33)52)36-15-16-38(50)46-40(36)51/h5,10-14,20-22,27-28,36H,6-9,15-19,23H2,1-3H3,(H,46,50,51). The van der Waals surface area contributed by atoms with Gasteiger partial charge in [0, 0.05) is 48.3 Å². The van der Waals surface area contributed by atoms with Gasteiger partial charge in [0.25, 0.3) is 17.4 Å². The van der Waals surface area contributed by atoms with Gasteiger partial charge in [-0.3, -0.25) is 29.4 Å². The first-order valence-corrected chi connectivity index (χ1v) is 18.8. The number of rotatable bonds is 9. The van der Waals surface area contributed by atoms with Crippen molar-refractivity contribution in [1.82, 2.24) is 15.4 Å². The molecular formula is C43H42FN5O5. The van der Waals surface area contributed by atoms with E-state index in [0.29, 0.717) is 17.9 Å². The molecule has 3 fully saturated rings. The third-order valence-electron chi connectivity index (χ3n) is 12.0. The zero-order valence-corrected chi connectivity index (χ0v) is 30.7. The van der Waals surface area contributed by atoms with Gasteiger partial charge in [-0.15, -0.1) is 0 Å². The van der Waals surface area contributed by atoms with Crippen LogP contribution in [0, 0.1) is 45.0 Å². The molecule has 2 saturated carbocycles. The van der Waals surface area contributed by atoms with Gasteiger partial charge in [0.15, 0.2) is 0 Å². The second kappa shape index (κ2) is 13.7. The Morgan fingerprint density at radius 3 is 2.24 bits per heavy atom. The average molecular weight is 728 g/mol.